The lowest BCUT2D eigenvalue weighted by Gasteiger charge is -2.39. The second kappa shape index (κ2) is 27.5. The van der Waals surface area contributed by atoms with Crippen LogP contribution >= 0.6 is 0 Å². The van der Waals surface area contributed by atoms with E-state index in [2.05, 4.69) is 26.0 Å². The van der Waals surface area contributed by atoms with Crippen molar-refractivity contribution >= 4 is 11.9 Å². The Bertz CT molecular complexity index is 759. The molecule has 1 fully saturated rings. The number of allylic oxidation sites excluding steroid dienone is 2. The van der Waals surface area contributed by atoms with Crippen molar-refractivity contribution in [3.05, 3.63) is 12.2 Å². The number of hydrogen-bond donors (Lipinski definition) is 4. The molecule has 1 saturated heterocycles. The van der Waals surface area contributed by atoms with Crippen LogP contribution in [0.15, 0.2) is 12.2 Å². The topological polar surface area (TPSA) is 152 Å². The van der Waals surface area contributed by atoms with Crippen molar-refractivity contribution in [2.45, 2.75) is 179 Å². The van der Waals surface area contributed by atoms with E-state index in [1.54, 1.807) is 0 Å². The van der Waals surface area contributed by atoms with E-state index in [4.69, 9.17) is 18.9 Å². The number of unbranched alkanes of at least 4 members (excludes halogenated alkanes) is 15. The Morgan fingerprint density at radius 3 is 1.78 bits per heavy atom. The van der Waals surface area contributed by atoms with E-state index in [1.165, 1.54) is 44.9 Å². The monoisotopic (exact) mass is 644 g/mol. The molecule has 45 heavy (non-hydrogen) atoms. The molecule has 264 valence electrons. The maximum Gasteiger partial charge on any atom is 0.306 e. The highest BCUT2D eigenvalue weighted by atomic mass is 16.7. The quantitative estimate of drug-likeness (QED) is 0.0477. The van der Waals surface area contributed by atoms with Gasteiger partial charge in [0.05, 0.1) is 13.2 Å². The molecule has 0 amide bonds. The van der Waals surface area contributed by atoms with Gasteiger partial charge in [0.15, 0.2) is 12.4 Å². The van der Waals surface area contributed by atoms with Crippen molar-refractivity contribution in [1.82, 2.24) is 0 Å². The van der Waals surface area contributed by atoms with Crippen LogP contribution < -0.4 is 0 Å². The Balaban J connectivity index is 2.43. The fraction of sp³-hybridized carbons (Fsp3) is 0.886. The smallest absolute Gasteiger partial charge is 0.306 e. The molecule has 1 heterocycles. The van der Waals surface area contributed by atoms with Crippen LogP contribution in [0.2, 0.25) is 0 Å². The molecule has 0 bridgehead atoms. The summed E-state index contributed by atoms with van der Waals surface area (Å²) in [6.45, 7) is 3.32. The fourth-order valence-corrected chi connectivity index (χ4v) is 5.24. The van der Waals surface area contributed by atoms with Gasteiger partial charge in [-0.15, -0.1) is 0 Å². The Hall–Kier alpha value is -1.56. The second-order valence-electron chi connectivity index (χ2n) is 12.3. The molecule has 0 aliphatic carbocycles. The predicted molar refractivity (Wildman–Crippen MR) is 173 cm³/mol. The van der Waals surface area contributed by atoms with Crippen molar-refractivity contribution in [3.63, 3.8) is 0 Å². The zero-order chi connectivity index (χ0) is 33.1. The summed E-state index contributed by atoms with van der Waals surface area (Å²) in [4.78, 5) is 25.0. The van der Waals surface area contributed by atoms with Crippen molar-refractivity contribution < 1.29 is 49.0 Å². The molecule has 0 aromatic carbocycles. The molecule has 2 unspecified atom stereocenters. The standard InChI is InChI=1S/C35H64O10/c1-3-5-7-9-11-13-14-15-16-18-19-21-23-30(37)42-26-28(44-31(38)24-22-20-17-12-10-8-6-4-2)27-43-35-34(41)33(40)32(39)29(25-36)45-35/h11,13,28-29,32-36,39-41H,3-10,12,14-27H2,1-2H3/b13-11+/t28-,29-,32+,33?,34?,35-/m0/s1. The summed E-state index contributed by atoms with van der Waals surface area (Å²) in [5, 5.41) is 39.7. The number of hydrogen-bond acceptors (Lipinski definition) is 10. The van der Waals surface area contributed by atoms with Gasteiger partial charge in [-0.25, -0.2) is 0 Å². The number of ether oxygens (including phenoxy) is 4. The van der Waals surface area contributed by atoms with E-state index < -0.39 is 49.4 Å². The maximum absolute atomic E-state index is 12.6. The van der Waals surface area contributed by atoms with Crippen LogP contribution in [0, 0.1) is 0 Å². The first-order chi connectivity index (χ1) is 21.8. The SMILES string of the molecule is CCCCC/C=C/CCCCCCCC(=O)OC[C@@H](CO[C@H]1O[C@@H](CO)[C@@H](O)C(O)C1O)OC(=O)CCCCCCCCCC. The third kappa shape index (κ3) is 20.3. The average molecular weight is 645 g/mol. The summed E-state index contributed by atoms with van der Waals surface area (Å²) in [6.07, 6.45) is 16.7. The molecule has 10 nitrogen and oxygen atoms in total. The Kier molecular flexibility index (Phi) is 25.4. The lowest BCUT2D eigenvalue weighted by atomic mass is 9.99. The summed E-state index contributed by atoms with van der Waals surface area (Å²) in [7, 11) is 0. The minimum absolute atomic E-state index is 0.218. The van der Waals surface area contributed by atoms with Crippen molar-refractivity contribution in [1.29, 1.82) is 0 Å². The molecule has 0 saturated carbocycles. The summed E-state index contributed by atoms with van der Waals surface area (Å²) < 4.78 is 21.9. The van der Waals surface area contributed by atoms with Crippen molar-refractivity contribution in [3.8, 4) is 0 Å². The second-order valence-corrected chi connectivity index (χ2v) is 12.3. The molecule has 1 aliphatic rings. The summed E-state index contributed by atoms with van der Waals surface area (Å²) in [5.41, 5.74) is 0. The molecule has 0 aromatic rings. The first-order valence-corrected chi connectivity index (χ1v) is 17.8. The van der Waals surface area contributed by atoms with Gasteiger partial charge >= 0.3 is 11.9 Å². The van der Waals surface area contributed by atoms with Crippen LogP contribution in [0.3, 0.4) is 0 Å². The summed E-state index contributed by atoms with van der Waals surface area (Å²) in [5.74, 6) is -0.822. The Morgan fingerprint density at radius 1 is 0.667 bits per heavy atom. The molecular formula is C35H64O10. The van der Waals surface area contributed by atoms with Gasteiger partial charge in [-0.05, 0) is 38.5 Å². The summed E-state index contributed by atoms with van der Waals surface area (Å²) in [6, 6.07) is 0. The zero-order valence-corrected chi connectivity index (χ0v) is 28.1. The number of carbonyl (C=O) groups is 2. The summed E-state index contributed by atoms with van der Waals surface area (Å²) >= 11 is 0. The third-order valence-corrected chi connectivity index (χ3v) is 8.15. The van der Waals surface area contributed by atoms with E-state index in [-0.39, 0.29) is 32.0 Å². The molecule has 4 N–H and O–H groups in total. The van der Waals surface area contributed by atoms with Gasteiger partial charge in [0, 0.05) is 12.8 Å². The lowest BCUT2D eigenvalue weighted by Crippen LogP contribution is -2.59. The largest absolute Gasteiger partial charge is 0.462 e. The van der Waals surface area contributed by atoms with E-state index >= 15 is 0 Å². The minimum atomic E-state index is -1.59. The van der Waals surface area contributed by atoms with Crippen LogP contribution in [-0.4, -0.2) is 89.0 Å². The Labute approximate surface area is 271 Å². The predicted octanol–water partition coefficient (Wildman–Crippen LogP) is 5.66. The van der Waals surface area contributed by atoms with Gasteiger partial charge in [-0.3, -0.25) is 9.59 Å². The molecule has 1 aliphatic heterocycles. The van der Waals surface area contributed by atoms with Crippen LogP contribution in [0.1, 0.15) is 142 Å². The Morgan fingerprint density at radius 2 is 1.18 bits per heavy atom. The fourth-order valence-electron chi connectivity index (χ4n) is 5.24. The van der Waals surface area contributed by atoms with Gasteiger partial charge in [0.25, 0.3) is 0 Å². The number of aliphatic hydroxyl groups excluding tert-OH is 4. The number of carbonyl (C=O) groups excluding carboxylic acids is 2. The molecule has 0 radical (unpaired) electrons. The highest BCUT2D eigenvalue weighted by Crippen LogP contribution is 2.22. The zero-order valence-electron chi connectivity index (χ0n) is 28.1. The number of esters is 2. The van der Waals surface area contributed by atoms with E-state index in [1.807, 2.05) is 0 Å². The number of rotatable bonds is 28. The van der Waals surface area contributed by atoms with E-state index in [9.17, 15) is 30.0 Å². The van der Waals surface area contributed by atoms with Gasteiger partial charge in [-0.1, -0.05) is 103 Å². The highest BCUT2D eigenvalue weighted by Gasteiger charge is 2.44. The van der Waals surface area contributed by atoms with Crippen molar-refractivity contribution in [2.24, 2.45) is 0 Å². The molecule has 10 heteroatoms. The van der Waals surface area contributed by atoms with E-state index in [0.717, 1.165) is 64.2 Å². The normalized spacial score (nSPS) is 22.5. The number of aliphatic hydroxyl groups is 4. The highest BCUT2D eigenvalue weighted by molar-refractivity contribution is 5.70. The van der Waals surface area contributed by atoms with Crippen LogP contribution in [-0.2, 0) is 28.5 Å². The molecule has 6 atom stereocenters. The van der Waals surface area contributed by atoms with Gasteiger partial charge < -0.3 is 39.4 Å². The van der Waals surface area contributed by atoms with Gasteiger partial charge in [-0.2, -0.15) is 0 Å². The first-order valence-electron chi connectivity index (χ1n) is 17.8. The van der Waals surface area contributed by atoms with Crippen LogP contribution in [0.4, 0.5) is 0 Å². The van der Waals surface area contributed by atoms with Crippen LogP contribution in [0.25, 0.3) is 0 Å². The lowest BCUT2D eigenvalue weighted by molar-refractivity contribution is -0.305. The minimum Gasteiger partial charge on any atom is -0.462 e. The first kappa shape index (κ1) is 41.5. The average Bonchev–Trinajstić information content (AvgIpc) is 3.03. The van der Waals surface area contributed by atoms with E-state index in [0.29, 0.717) is 6.42 Å². The molecule has 0 spiro atoms. The van der Waals surface area contributed by atoms with Crippen molar-refractivity contribution in [2.75, 3.05) is 19.8 Å². The molecule has 0 aromatic heterocycles. The molecular weight excluding hydrogens is 580 g/mol. The van der Waals surface area contributed by atoms with Gasteiger partial charge in [0.2, 0.25) is 0 Å². The maximum atomic E-state index is 12.6. The molecule has 1 rings (SSSR count). The van der Waals surface area contributed by atoms with Gasteiger partial charge in [0.1, 0.15) is 31.0 Å². The van der Waals surface area contributed by atoms with Crippen LogP contribution in [0.5, 0.6) is 0 Å². The third-order valence-electron chi connectivity index (χ3n) is 8.15.